The molecule has 0 atom stereocenters. The number of carbonyl (C=O) groups excluding carboxylic acids is 1. The van der Waals surface area contributed by atoms with E-state index in [1.54, 1.807) is 0 Å². The van der Waals surface area contributed by atoms with E-state index in [0.29, 0.717) is 18.4 Å². The molecule has 1 amide bonds. The van der Waals surface area contributed by atoms with E-state index in [2.05, 4.69) is 18.7 Å². The molecule has 1 saturated heterocycles. The van der Waals surface area contributed by atoms with E-state index in [-0.39, 0.29) is 5.54 Å². The molecule has 0 spiro atoms. The highest BCUT2D eigenvalue weighted by atomic mass is 16.2. The first-order valence-electron chi connectivity index (χ1n) is 6.28. The molecular weight excluding hydrogens is 202 g/mol. The topological polar surface area (TPSA) is 49.6 Å². The van der Waals surface area contributed by atoms with Gasteiger partial charge in [0.25, 0.3) is 0 Å². The molecule has 2 aliphatic rings. The predicted octanol–water partition coefficient (Wildman–Crippen LogP) is 0.278. The lowest BCUT2D eigenvalue weighted by molar-refractivity contribution is -0.135. The van der Waals surface area contributed by atoms with E-state index < -0.39 is 0 Å². The van der Waals surface area contributed by atoms with Gasteiger partial charge in [-0.3, -0.25) is 9.69 Å². The smallest absolute Gasteiger partial charge is 0.225 e. The number of amides is 1. The molecule has 2 rings (SSSR count). The molecule has 92 valence electrons. The van der Waals surface area contributed by atoms with Gasteiger partial charge in [-0.1, -0.05) is 0 Å². The fraction of sp³-hybridized carbons (Fsp3) is 0.917. The lowest BCUT2D eigenvalue weighted by atomic mass is 10.0. The second-order valence-electron chi connectivity index (χ2n) is 5.60. The third-order valence-corrected chi connectivity index (χ3v) is 3.87. The Morgan fingerprint density at radius 1 is 1.25 bits per heavy atom. The van der Waals surface area contributed by atoms with E-state index in [9.17, 15) is 4.79 Å². The van der Waals surface area contributed by atoms with Crippen molar-refractivity contribution in [3.63, 3.8) is 0 Å². The summed E-state index contributed by atoms with van der Waals surface area (Å²) < 4.78 is 0. The van der Waals surface area contributed by atoms with Crippen molar-refractivity contribution < 1.29 is 4.79 Å². The quantitative estimate of drug-likeness (QED) is 0.750. The molecule has 0 aromatic heterocycles. The summed E-state index contributed by atoms with van der Waals surface area (Å²) in [4.78, 5) is 16.3. The van der Waals surface area contributed by atoms with Crippen LogP contribution >= 0.6 is 0 Å². The van der Waals surface area contributed by atoms with Crippen molar-refractivity contribution in [1.82, 2.24) is 9.80 Å². The van der Waals surface area contributed by atoms with Crippen LogP contribution in [-0.4, -0.2) is 54.0 Å². The van der Waals surface area contributed by atoms with Crippen LogP contribution in [-0.2, 0) is 4.79 Å². The van der Waals surface area contributed by atoms with Gasteiger partial charge >= 0.3 is 0 Å². The number of hydrogen-bond donors (Lipinski definition) is 1. The fourth-order valence-corrected chi connectivity index (χ4v) is 2.25. The van der Waals surface area contributed by atoms with Crippen LogP contribution in [0.2, 0.25) is 0 Å². The summed E-state index contributed by atoms with van der Waals surface area (Å²) in [7, 11) is 0. The second-order valence-corrected chi connectivity index (χ2v) is 5.60. The monoisotopic (exact) mass is 225 g/mol. The van der Waals surface area contributed by atoms with Crippen LogP contribution in [0.15, 0.2) is 0 Å². The molecule has 1 aliphatic carbocycles. The van der Waals surface area contributed by atoms with Crippen molar-refractivity contribution in [3.8, 4) is 0 Å². The van der Waals surface area contributed by atoms with Gasteiger partial charge in [-0.15, -0.1) is 0 Å². The van der Waals surface area contributed by atoms with Crippen LogP contribution in [0.25, 0.3) is 0 Å². The Kier molecular flexibility index (Phi) is 3.22. The minimum Gasteiger partial charge on any atom is -0.340 e. The highest BCUT2D eigenvalue weighted by Gasteiger charge is 2.36. The van der Waals surface area contributed by atoms with Crippen LogP contribution in [0.3, 0.4) is 0 Å². The van der Waals surface area contributed by atoms with Gasteiger partial charge in [0.2, 0.25) is 5.91 Å². The molecule has 1 heterocycles. The van der Waals surface area contributed by atoms with Gasteiger partial charge in [-0.25, -0.2) is 0 Å². The van der Waals surface area contributed by atoms with Crippen molar-refractivity contribution in [3.05, 3.63) is 0 Å². The third kappa shape index (κ3) is 2.38. The molecule has 1 aliphatic heterocycles. The maximum absolute atomic E-state index is 11.9. The Labute approximate surface area is 97.8 Å². The molecule has 4 heteroatoms. The minimum atomic E-state index is 0.0642. The molecule has 0 aromatic carbocycles. The fourth-order valence-electron chi connectivity index (χ4n) is 2.25. The van der Waals surface area contributed by atoms with Crippen LogP contribution in [0.5, 0.6) is 0 Å². The van der Waals surface area contributed by atoms with Crippen LogP contribution in [0.1, 0.15) is 26.7 Å². The summed E-state index contributed by atoms with van der Waals surface area (Å²) >= 11 is 0. The number of carbonyl (C=O) groups is 1. The van der Waals surface area contributed by atoms with Crippen LogP contribution in [0.4, 0.5) is 0 Å². The third-order valence-electron chi connectivity index (χ3n) is 3.87. The Hall–Kier alpha value is -0.610. The zero-order valence-corrected chi connectivity index (χ0v) is 10.4. The molecule has 0 radical (unpaired) electrons. The number of piperazine rings is 1. The van der Waals surface area contributed by atoms with Crippen molar-refractivity contribution in [2.45, 2.75) is 32.2 Å². The molecule has 0 unspecified atom stereocenters. The molecule has 1 saturated carbocycles. The Morgan fingerprint density at radius 3 is 2.25 bits per heavy atom. The standard InChI is InChI=1S/C12H23N3O/c1-12(2,9-13)15-7-5-14(6-8-15)11(16)10-3-4-10/h10H,3-9,13H2,1-2H3. The van der Waals surface area contributed by atoms with Gasteiger partial charge in [0.05, 0.1) is 0 Å². The SMILES string of the molecule is CC(C)(CN)N1CCN(C(=O)C2CC2)CC1. The summed E-state index contributed by atoms with van der Waals surface area (Å²) in [6.45, 7) is 8.68. The Balaban J connectivity index is 1.84. The first-order valence-corrected chi connectivity index (χ1v) is 6.28. The molecule has 16 heavy (non-hydrogen) atoms. The molecule has 2 N–H and O–H groups in total. The van der Waals surface area contributed by atoms with E-state index in [1.165, 1.54) is 0 Å². The summed E-state index contributed by atoms with van der Waals surface area (Å²) in [5.41, 5.74) is 5.83. The number of hydrogen-bond acceptors (Lipinski definition) is 3. The first-order chi connectivity index (χ1) is 7.54. The number of nitrogens with zero attached hydrogens (tertiary/aromatic N) is 2. The highest BCUT2D eigenvalue weighted by molar-refractivity contribution is 5.81. The van der Waals surface area contributed by atoms with Gasteiger partial charge in [0.1, 0.15) is 0 Å². The number of rotatable bonds is 3. The normalized spacial score (nSPS) is 23.6. The zero-order valence-electron chi connectivity index (χ0n) is 10.4. The molecule has 4 nitrogen and oxygen atoms in total. The lowest BCUT2D eigenvalue weighted by Gasteiger charge is -2.43. The lowest BCUT2D eigenvalue weighted by Crippen LogP contribution is -2.58. The summed E-state index contributed by atoms with van der Waals surface area (Å²) in [6, 6.07) is 0. The maximum atomic E-state index is 11.9. The van der Waals surface area contributed by atoms with Gasteiger partial charge < -0.3 is 10.6 Å². The van der Waals surface area contributed by atoms with E-state index in [0.717, 1.165) is 39.0 Å². The molecular formula is C12H23N3O. The average molecular weight is 225 g/mol. The predicted molar refractivity (Wildman–Crippen MR) is 64.0 cm³/mol. The molecule has 2 fully saturated rings. The Morgan fingerprint density at radius 2 is 1.81 bits per heavy atom. The second kappa shape index (κ2) is 4.34. The molecule has 0 bridgehead atoms. The van der Waals surface area contributed by atoms with Gasteiger partial charge in [0.15, 0.2) is 0 Å². The maximum Gasteiger partial charge on any atom is 0.225 e. The van der Waals surface area contributed by atoms with Crippen molar-refractivity contribution in [2.75, 3.05) is 32.7 Å². The minimum absolute atomic E-state index is 0.0642. The molecule has 0 aromatic rings. The van der Waals surface area contributed by atoms with Gasteiger partial charge in [-0.2, -0.15) is 0 Å². The van der Waals surface area contributed by atoms with E-state index in [1.807, 2.05) is 4.90 Å². The summed E-state index contributed by atoms with van der Waals surface area (Å²) in [5.74, 6) is 0.735. The Bertz CT molecular complexity index is 265. The first kappa shape index (κ1) is 11.9. The average Bonchev–Trinajstić information content (AvgIpc) is 3.12. The van der Waals surface area contributed by atoms with Crippen molar-refractivity contribution in [2.24, 2.45) is 11.7 Å². The van der Waals surface area contributed by atoms with Crippen LogP contribution in [0, 0.1) is 5.92 Å². The van der Waals surface area contributed by atoms with Gasteiger partial charge in [-0.05, 0) is 26.7 Å². The summed E-state index contributed by atoms with van der Waals surface area (Å²) in [5, 5.41) is 0. The summed E-state index contributed by atoms with van der Waals surface area (Å²) in [6.07, 6.45) is 2.21. The van der Waals surface area contributed by atoms with Crippen molar-refractivity contribution >= 4 is 5.91 Å². The van der Waals surface area contributed by atoms with E-state index >= 15 is 0 Å². The number of nitrogens with two attached hydrogens (primary N) is 1. The van der Waals surface area contributed by atoms with Crippen LogP contribution < -0.4 is 5.73 Å². The van der Waals surface area contributed by atoms with Crippen molar-refractivity contribution in [1.29, 1.82) is 0 Å². The highest BCUT2D eigenvalue weighted by Crippen LogP contribution is 2.31. The largest absolute Gasteiger partial charge is 0.340 e. The van der Waals surface area contributed by atoms with Gasteiger partial charge in [0, 0.05) is 44.2 Å². The van der Waals surface area contributed by atoms with E-state index in [4.69, 9.17) is 5.73 Å². The zero-order chi connectivity index (χ0) is 11.8.